The number of hydrogen-bond acceptors (Lipinski definition) is 5. The van der Waals surface area contributed by atoms with Crippen LogP contribution in [0.5, 0.6) is 11.5 Å². The third-order valence-electron chi connectivity index (χ3n) is 4.40. The van der Waals surface area contributed by atoms with Gasteiger partial charge >= 0.3 is 5.97 Å². The summed E-state index contributed by atoms with van der Waals surface area (Å²) in [4.78, 5) is 25.5. The number of rotatable bonds is 9. The number of amides is 1. The van der Waals surface area contributed by atoms with Crippen LogP contribution in [-0.2, 0) is 16.1 Å². The minimum atomic E-state index is -1.07. The lowest BCUT2D eigenvalue weighted by Gasteiger charge is -2.24. The summed E-state index contributed by atoms with van der Waals surface area (Å²) < 4.78 is 12.3. The van der Waals surface area contributed by atoms with Gasteiger partial charge in [0.15, 0.2) is 0 Å². The zero-order valence-corrected chi connectivity index (χ0v) is 16.9. The van der Waals surface area contributed by atoms with Crippen molar-refractivity contribution in [3.8, 4) is 11.5 Å². The molecule has 8 heteroatoms. The highest BCUT2D eigenvalue weighted by atomic mass is 16.5. The van der Waals surface area contributed by atoms with Crippen molar-refractivity contribution in [2.24, 2.45) is 0 Å². The molecule has 0 aliphatic carbocycles. The first-order chi connectivity index (χ1) is 13.2. The number of aliphatic carboxylic acids is 1. The van der Waals surface area contributed by atoms with Gasteiger partial charge in [-0.25, -0.2) is 0 Å². The Morgan fingerprint density at radius 2 is 1.75 bits per heavy atom. The molecular weight excluding hydrogens is 362 g/mol. The van der Waals surface area contributed by atoms with Gasteiger partial charge in [-0.1, -0.05) is 0 Å². The van der Waals surface area contributed by atoms with E-state index in [1.54, 1.807) is 22.9 Å². The molecule has 2 rings (SSSR count). The van der Waals surface area contributed by atoms with E-state index in [-0.39, 0.29) is 31.5 Å². The Morgan fingerprint density at radius 3 is 2.21 bits per heavy atom. The van der Waals surface area contributed by atoms with Gasteiger partial charge in [-0.2, -0.15) is 5.10 Å². The molecule has 0 radical (unpaired) electrons. The van der Waals surface area contributed by atoms with Gasteiger partial charge in [-0.15, -0.1) is 0 Å². The minimum absolute atomic E-state index is 0.141. The summed E-state index contributed by atoms with van der Waals surface area (Å²) in [7, 11) is 3.07. The Labute approximate surface area is 164 Å². The predicted octanol–water partition coefficient (Wildman–Crippen LogP) is 2.58. The highest BCUT2D eigenvalue weighted by Gasteiger charge is 2.22. The van der Waals surface area contributed by atoms with Gasteiger partial charge in [-0.05, 0) is 44.5 Å². The van der Waals surface area contributed by atoms with E-state index in [0.29, 0.717) is 11.5 Å². The van der Waals surface area contributed by atoms with Crippen molar-refractivity contribution < 1.29 is 24.2 Å². The van der Waals surface area contributed by atoms with Crippen molar-refractivity contribution in [3.05, 3.63) is 41.2 Å². The van der Waals surface area contributed by atoms with E-state index in [1.165, 1.54) is 19.1 Å². The largest absolute Gasteiger partial charge is 0.497 e. The third kappa shape index (κ3) is 5.48. The summed E-state index contributed by atoms with van der Waals surface area (Å²) in [5, 5.41) is 13.7. The van der Waals surface area contributed by atoms with Gasteiger partial charge in [0, 0.05) is 24.7 Å². The number of aryl methyl sites for hydroxylation is 2. The van der Waals surface area contributed by atoms with Crippen molar-refractivity contribution in [2.75, 3.05) is 20.8 Å². The molecule has 1 aromatic heterocycles. The first-order valence-electron chi connectivity index (χ1n) is 8.97. The lowest BCUT2D eigenvalue weighted by Crippen LogP contribution is -2.36. The average Bonchev–Trinajstić information content (AvgIpc) is 2.98. The second-order valence-electron chi connectivity index (χ2n) is 6.79. The Morgan fingerprint density at radius 1 is 1.14 bits per heavy atom. The fourth-order valence-electron chi connectivity index (χ4n) is 3.13. The summed E-state index contributed by atoms with van der Waals surface area (Å²) in [6.07, 6.45) is 0.149. The van der Waals surface area contributed by atoms with Crippen LogP contribution >= 0.6 is 0 Å². The van der Waals surface area contributed by atoms with Gasteiger partial charge in [0.2, 0.25) is 5.91 Å². The SMILES string of the molecule is COc1cc(CN(CC(=O)O)C(=O)CC(C)n2nc(C)cc2C)cc(OC)c1. The second-order valence-corrected chi connectivity index (χ2v) is 6.79. The van der Waals surface area contributed by atoms with E-state index >= 15 is 0 Å². The van der Waals surface area contributed by atoms with Crippen LogP contribution in [0, 0.1) is 13.8 Å². The van der Waals surface area contributed by atoms with Crippen LogP contribution in [0.3, 0.4) is 0 Å². The van der Waals surface area contributed by atoms with Crippen molar-refractivity contribution in [1.29, 1.82) is 0 Å². The fourth-order valence-corrected chi connectivity index (χ4v) is 3.13. The highest BCUT2D eigenvalue weighted by Crippen LogP contribution is 2.24. The van der Waals surface area contributed by atoms with Gasteiger partial charge < -0.3 is 19.5 Å². The van der Waals surface area contributed by atoms with Crippen LogP contribution < -0.4 is 9.47 Å². The van der Waals surface area contributed by atoms with E-state index < -0.39 is 5.97 Å². The molecule has 1 unspecified atom stereocenters. The van der Waals surface area contributed by atoms with Gasteiger partial charge in [0.25, 0.3) is 0 Å². The molecule has 0 spiro atoms. The van der Waals surface area contributed by atoms with Gasteiger partial charge in [0.05, 0.1) is 26.0 Å². The van der Waals surface area contributed by atoms with Crippen LogP contribution in [0.1, 0.15) is 36.3 Å². The summed E-state index contributed by atoms with van der Waals surface area (Å²) in [6.45, 7) is 5.47. The van der Waals surface area contributed by atoms with E-state index in [4.69, 9.17) is 9.47 Å². The van der Waals surface area contributed by atoms with Crippen LogP contribution in [0.4, 0.5) is 0 Å². The molecule has 1 aromatic carbocycles. The number of aromatic nitrogens is 2. The number of carboxylic acids is 1. The second kappa shape index (κ2) is 9.25. The molecule has 1 amide bonds. The van der Waals surface area contributed by atoms with Crippen molar-refractivity contribution in [3.63, 3.8) is 0 Å². The molecule has 1 heterocycles. The van der Waals surface area contributed by atoms with E-state index in [2.05, 4.69) is 5.10 Å². The van der Waals surface area contributed by atoms with Crippen molar-refractivity contribution in [2.45, 2.75) is 39.8 Å². The molecule has 0 aliphatic heterocycles. The Kier molecular flexibility index (Phi) is 7.03. The summed E-state index contributed by atoms with van der Waals surface area (Å²) in [5.41, 5.74) is 2.56. The number of methoxy groups -OCH3 is 2. The zero-order valence-electron chi connectivity index (χ0n) is 16.9. The molecule has 0 saturated heterocycles. The molecule has 0 fully saturated rings. The molecule has 152 valence electrons. The quantitative estimate of drug-likeness (QED) is 0.708. The van der Waals surface area contributed by atoms with E-state index in [1.807, 2.05) is 26.8 Å². The van der Waals surface area contributed by atoms with Crippen LogP contribution in [0.25, 0.3) is 0 Å². The molecule has 0 aliphatic rings. The average molecular weight is 389 g/mol. The van der Waals surface area contributed by atoms with Crippen molar-refractivity contribution in [1.82, 2.24) is 14.7 Å². The van der Waals surface area contributed by atoms with Crippen LogP contribution in [0.2, 0.25) is 0 Å². The maximum atomic E-state index is 12.9. The summed E-state index contributed by atoms with van der Waals surface area (Å²) in [5.74, 6) is -0.174. The third-order valence-corrected chi connectivity index (χ3v) is 4.40. The Bertz CT molecular complexity index is 824. The lowest BCUT2D eigenvalue weighted by molar-refractivity contribution is -0.145. The first kappa shape index (κ1) is 21.3. The Hall–Kier alpha value is -3.03. The van der Waals surface area contributed by atoms with Crippen molar-refractivity contribution >= 4 is 11.9 Å². The monoisotopic (exact) mass is 389 g/mol. The predicted molar refractivity (Wildman–Crippen MR) is 104 cm³/mol. The summed E-state index contributed by atoms with van der Waals surface area (Å²) >= 11 is 0. The molecular formula is C20H27N3O5. The summed E-state index contributed by atoms with van der Waals surface area (Å²) in [6, 6.07) is 7.00. The number of carbonyl (C=O) groups excluding carboxylic acids is 1. The number of benzene rings is 1. The molecule has 0 bridgehead atoms. The van der Waals surface area contributed by atoms with E-state index in [9.17, 15) is 14.7 Å². The molecule has 0 saturated carbocycles. The van der Waals surface area contributed by atoms with Gasteiger partial charge in [0.1, 0.15) is 18.0 Å². The first-order valence-corrected chi connectivity index (χ1v) is 8.97. The molecule has 1 N–H and O–H groups in total. The van der Waals surface area contributed by atoms with E-state index in [0.717, 1.165) is 17.0 Å². The number of carbonyl (C=O) groups is 2. The molecule has 28 heavy (non-hydrogen) atoms. The maximum Gasteiger partial charge on any atom is 0.323 e. The number of hydrogen-bond donors (Lipinski definition) is 1. The zero-order chi connectivity index (χ0) is 20.8. The van der Waals surface area contributed by atoms with Gasteiger partial charge in [-0.3, -0.25) is 14.3 Å². The normalized spacial score (nSPS) is 11.8. The molecule has 8 nitrogen and oxygen atoms in total. The topological polar surface area (TPSA) is 93.9 Å². The lowest BCUT2D eigenvalue weighted by atomic mass is 10.1. The number of carboxylic acid groups (broad SMARTS) is 1. The highest BCUT2D eigenvalue weighted by molar-refractivity contribution is 5.81. The maximum absolute atomic E-state index is 12.9. The fraction of sp³-hybridized carbons (Fsp3) is 0.450. The number of nitrogens with zero attached hydrogens (tertiary/aromatic N) is 3. The van der Waals surface area contributed by atoms with Crippen LogP contribution in [-0.4, -0.2) is 52.4 Å². The molecule has 2 aromatic rings. The Balaban J connectivity index is 2.19. The number of ether oxygens (including phenoxy) is 2. The minimum Gasteiger partial charge on any atom is -0.497 e. The standard InChI is InChI=1S/C20H27N3O5/c1-13-6-14(2)23(21-13)15(3)7-19(24)22(12-20(25)26)11-16-8-17(27-4)10-18(9-16)28-5/h6,8-10,15H,7,11-12H2,1-5H3,(H,25,26). The smallest absolute Gasteiger partial charge is 0.323 e. The van der Waals surface area contributed by atoms with Crippen LogP contribution in [0.15, 0.2) is 24.3 Å². The molecule has 1 atom stereocenters.